The first-order valence-electron chi connectivity index (χ1n) is 8.22. The Morgan fingerprint density at radius 2 is 2.04 bits per heavy atom. The second-order valence-corrected chi connectivity index (χ2v) is 5.92. The molecule has 0 radical (unpaired) electrons. The number of rotatable bonds is 5. The van der Waals surface area contributed by atoms with Crippen LogP contribution in [0.3, 0.4) is 0 Å². The van der Waals surface area contributed by atoms with Crippen molar-refractivity contribution in [3.8, 4) is 11.4 Å². The molecule has 0 saturated heterocycles. The average Bonchev–Trinajstić information content (AvgIpc) is 3.15. The molecule has 0 amide bonds. The van der Waals surface area contributed by atoms with Crippen LogP contribution in [0.25, 0.3) is 17.0 Å². The summed E-state index contributed by atoms with van der Waals surface area (Å²) >= 11 is 0. The van der Waals surface area contributed by atoms with E-state index in [9.17, 15) is 10.1 Å². The molecule has 0 aliphatic heterocycles. The van der Waals surface area contributed by atoms with Crippen LogP contribution in [0.1, 0.15) is 11.4 Å². The standard InChI is InChI=1S/C18H15N7O2/c1-12-9-16(20-11-15-5-7-19-17-6-8-21-24(15)17)23-18(22-12)13-3-2-4-14(10-13)25(26)27/h2-10H,11H2,1H3,(H,20,22,23). The number of nitro benzene ring substituents is 1. The number of hydrogen-bond acceptors (Lipinski definition) is 7. The van der Waals surface area contributed by atoms with Crippen molar-refractivity contribution in [1.29, 1.82) is 0 Å². The van der Waals surface area contributed by atoms with Gasteiger partial charge in [0.05, 0.1) is 23.4 Å². The van der Waals surface area contributed by atoms with E-state index in [1.807, 2.05) is 25.1 Å². The zero-order valence-corrected chi connectivity index (χ0v) is 14.4. The number of nitrogens with one attached hydrogen (secondary N) is 1. The van der Waals surface area contributed by atoms with E-state index in [-0.39, 0.29) is 5.69 Å². The highest BCUT2D eigenvalue weighted by Crippen LogP contribution is 2.22. The third kappa shape index (κ3) is 3.43. The van der Waals surface area contributed by atoms with Crippen LogP contribution in [0.4, 0.5) is 11.5 Å². The maximum atomic E-state index is 11.0. The summed E-state index contributed by atoms with van der Waals surface area (Å²) in [6, 6.07) is 11.8. The number of aromatic nitrogens is 5. The molecule has 9 nitrogen and oxygen atoms in total. The van der Waals surface area contributed by atoms with Crippen molar-refractivity contribution in [1.82, 2.24) is 24.6 Å². The molecule has 3 aromatic heterocycles. The van der Waals surface area contributed by atoms with Gasteiger partial charge < -0.3 is 5.32 Å². The summed E-state index contributed by atoms with van der Waals surface area (Å²) < 4.78 is 1.75. The Labute approximate surface area is 153 Å². The van der Waals surface area contributed by atoms with Gasteiger partial charge in [-0.3, -0.25) is 10.1 Å². The highest BCUT2D eigenvalue weighted by atomic mass is 16.6. The monoisotopic (exact) mass is 361 g/mol. The average molecular weight is 361 g/mol. The van der Waals surface area contributed by atoms with Gasteiger partial charge in [0, 0.05) is 41.7 Å². The van der Waals surface area contributed by atoms with E-state index in [1.54, 1.807) is 29.0 Å². The predicted octanol–water partition coefficient (Wildman–Crippen LogP) is 3.02. The largest absolute Gasteiger partial charge is 0.364 e. The SMILES string of the molecule is Cc1cc(NCc2ccnc3ccnn23)nc(-c2cccc([N+](=O)[O-])c2)n1. The number of aryl methyl sites for hydroxylation is 1. The number of nitro groups is 1. The molecule has 0 aliphatic rings. The van der Waals surface area contributed by atoms with E-state index < -0.39 is 4.92 Å². The lowest BCUT2D eigenvalue weighted by atomic mass is 10.2. The van der Waals surface area contributed by atoms with Crippen LogP contribution < -0.4 is 5.32 Å². The van der Waals surface area contributed by atoms with E-state index in [2.05, 4.69) is 25.4 Å². The van der Waals surface area contributed by atoms with Gasteiger partial charge in [-0.1, -0.05) is 12.1 Å². The first kappa shape index (κ1) is 16.6. The summed E-state index contributed by atoms with van der Waals surface area (Å²) in [6.45, 7) is 2.34. The van der Waals surface area contributed by atoms with Gasteiger partial charge >= 0.3 is 0 Å². The number of fused-ring (bicyclic) bond motifs is 1. The van der Waals surface area contributed by atoms with Crippen LogP contribution in [0.15, 0.2) is 54.9 Å². The number of nitrogens with zero attached hydrogens (tertiary/aromatic N) is 6. The smallest absolute Gasteiger partial charge is 0.270 e. The van der Waals surface area contributed by atoms with Gasteiger partial charge in [-0.25, -0.2) is 19.5 Å². The van der Waals surface area contributed by atoms with Crippen LogP contribution in [0.2, 0.25) is 0 Å². The van der Waals surface area contributed by atoms with Crippen molar-refractivity contribution in [2.24, 2.45) is 0 Å². The zero-order valence-electron chi connectivity index (χ0n) is 14.4. The third-order valence-electron chi connectivity index (χ3n) is 3.99. The van der Waals surface area contributed by atoms with Crippen LogP contribution in [0, 0.1) is 17.0 Å². The van der Waals surface area contributed by atoms with Crippen molar-refractivity contribution < 1.29 is 4.92 Å². The lowest BCUT2D eigenvalue weighted by Gasteiger charge is -2.10. The van der Waals surface area contributed by atoms with E-state index in [0.29, 0.717) is 23.8 Å². The van der Waals surface area contributed by atoms with Crippen LogP contribution >= 0.6 is 0 Å². The van der Waals surface area contributed by atoms with Crippen LogP contribution in [-0.2, 0) is 6.54 Å². The molecular weight excluding hydrogens is 346 g/mol. The second kappa shape index (κ2) is 6.79. The molecule has 0 bridgehead atoms. The minimum atomic E-state index is -0.433. The van der Waals surface area contributed by atoms with E-state index in [4.69, 9.17) is 0 Å². The lowest BCUT2D eigenvalue weighted by Crippen LogP contribution is -2.08. The number of benzene rings is 1. The zero-order chi connectivity index (χ0) is 18.8. The molecule has 0 fully saturated rings. The van der Waals surface area contributed by atoms with E-state index in [0.717, 1.165) is 17.0 Å². The minimum absolute atomic E-state index is 0.00461. The highest BCUT2D eigenvalue weighted by molar-refractivity contribution is 5.61. The fourth-order valence-electron chi connectivity index (χ4n) is 2.75. The van der Waals surface area contributed by atoms with Crippen molar-refractivity contribution in [2.75, 3.05) is 5.32 Å². The van der Waals surface area contributed by atoms with Crippen molar-refractivity contribution in [3.63, 3.8) is 0 Å². The lowest BCUT2D eigenvalue weighted by molar-refractivity contribution is -0.384. The van der Waals surface area contributed by atoms with Crippen LogP contribution in [-0.4, -0.2) is 29.5 Å². The van der Waals surface area contributed by atoms with Gasteiger partial charge in [0.2, 0.25) is 0 Å². The van der Waals surface area contributed by atoms with Gasteiger partial charge in [-0.15, -0.1) is 0 Å². The van der Waals surface area contributed by atoms with Crippen molar-refractivity contribution in [2.45, 2.75) is 13.5 Å². The molecule has 0 aliphatic carbocycles. The van der Waals surface area contributed by atoms with Gasteiger partial charge in [0.15, 0.2) is 11.5 Å². The topological polar surface area (TPSA) is 111 Å². The fraction of sp³-hybridized carbons (Fsp3) is 0.111. The molecule has 0 spiro atoms. The fourth-order valence-corrected chi connectivity index (χ4v) is 2.75. The highest BCUT2D eigenvalue weighted by Gasteiger charge is 2.11. The Morgan fingerprint density at radius 1 is 1.15 bits per heavy atom. The van der Waals surface area contributed by atoms with E-state index >= 15 is 0 Å². The minimum Gasteiger partial charge on any atom is -0.364 e. The number of hydrogen-bond donors (Lipinski definition) is 1. The normalized spacial score (nSPS) is 10.9. The molecule has 0 saturated carbocycles. The molecule has 9 heteroatoms. The Bertz CT molecular complexity index is 1140. The molecule has 134 valence electrons. The molecule has 0 atom stereocenters. The van der Waals surface area contributed by atoms with Gasteiger partial charge in [-0.05, 0) is 13.0 Å². The Balaban J connectivity index is 1.62. The van der Waals surface area contributed by atoms with Crippen molar-refractivity contribution in [3.05, 3.63) is 76.4 Å². The molecule has 0 unspecified atom stereocenters. The first-order valence-corrected chi connectivity index (χ1v) is 8.22. The summed E-state index contributed by atoms with van der Waals surface area (Å²) in [4.78, 5) is 23.7. The maximum Gasteiger partial charge on any atom is 0.270 e. The Morgan fingerprint density at radius 3 is 2.89 bits per heavy atom. The quantitative estimate of drug-likeness (QED) is 0.429. The molecule has 3 heterocycles. The van der Waals surface area contributed by atoms with Gasteiger partial charge in [0.25, 0.3) is 5.69 Å². The maximum absolute atomic E-state index is 11.0. The van der Waals surface area contributed by atoms with E-state index in [1.165, 1.54) is 12.1 Å². The molecule has 4 rings (SSSR count). The summed E-state index contributed by atoms with van der Waals surface area (Å²) in [5.41, 5.74) is 3.05. The molecule has 4 aromatic rings. The predicted molar refractivity (Wildman–Crippen MR) is 99.2 cm³/mol. The summed E-state index contributed by atoms with van der Waals surface area (Å²) in [6.07, 6.45) is 3.43. The van der Waals surface area contributed by atoms with Crippen molar-refractivity contribution >= 4 is 17.2 Å². The van der Waals surface area contributed by atoms with Gasteiger partial charge in [0.1, 0.15) is 5.82 Å². The van der Waals surface area contributed by atoms with Crippen LogP contribution in [0.5, 0.6) is 0 Å². The molecule has 1 N–H and O–H groups in total. The second-order valence-electron chi connectivity index (χ2n) is 5.92. The third-order valence-corrected chi connectivity index (χ3v) is 3.99. The first-order chi connectivity index (χ1) is 13.1. The summed E-state index contributed by atoms with van der Waals surface area (Å²) in [5, 5.41) is 18.5. The Kier molecular flexibility index (Phi) is 4.17. The molecular formula is C18H15N7O2. The van der Waals surface area contributed by atoms with Gasteiger partial charge in [-0.2, -0.15) is 5.10 Å². The Hall–Kier alpha value is -3.88. The molecule has 27 heavy (non-hydrogen) atoms. The number of anilines is 1. The number of non-ortho nitro benzene ring substituents is 1. The summed E-state index contributed by atoms with van der Waals surface area (Å²) in [5.74, 6) is 1.06. The summed E-state index contributed by atoms with van der Waals surface area (Å²) in [7, 11) is 0. The molecule has 1 aromatic carbocycles.